The second-order valence-corrected chi connectivity index (χ2v) is 6.09. The van der Waals surface area contributed by atoms with Crippen LogP contribution in [0.15, 0.2) is 6.07 Å². The lowest BCUT2D eigenvalue weighted by Gasteiger charge is -2.23. The summed E-state index contributed by atoms with van der Waals surface area (Å²) in [6.07, 6.45) is 5.06. The molecular formula is C14H20ClNO. The van der Waals surface area contributed by atoms with Crippen LogP contribution in [-0.2, 0) is 19.3 Å². The first-order chi connectivity index (χ1) is 7.88. The summed E-state index contributed by atoms with van der Waals surface area (Å²) in [5.74, 6) is 0.228. The first-order valence-corrected chi connectivity index (χ1v) is 6.57. The van der Waals surface area contributed by atoms with E-state index in [1.165, 1.54) is 12.0 Å². The number of halogens is 1. The Labute approximate surface area is 108 Å². The Bertz CT molecular complexity index is 435. The third-order valence-electron chi connectivity index (χ3n) is 3.28. The van der Waals surface area contributed by atoms with Crippen molar-refractivity contribution in [1.29, 1.82) is 0 Å². The molecule has 0 radical (unpaired) electrons. The van der Waals surface area contributed by atoms with Crippen molar-refractivity contribution in [2.75, 3.05) is 0 Å². The highest BCUT2D eigenvalue weighted by atomic mass is 35.5. The number of aromatic hydroxyl groups is 1. The van der Waals surface area contributed by atoms with Gasteiger partial charge in [-0.3, -0.25) is 0 Å². The molecule has 1 aromatic carbocycles. The van der Waals surface area contributed by atoms with Crippen LogP contribution in [0.1, 0.15) is 43.4 Å². The van der Waals surface area contributed by atoms with Crippen LogP contribution in [0.4, 0.5) is 0 Å². The van der Waals surface area contributed by atoms with Crippen LogP contribution in [-0.4, -0.2) is 10.6 Å². The summed E-state index contributed by atoms with van der Waals surface area (Å²) < 4.78 is 0. The van der Waals surface area contributed by atoms with E-state index in [2.05, 4.69) is 6.07 Å². The van der Waals surface area contributed by atoms with Gasteiger partial charge < -0.3 is 10.8 Å². The highest BCUT2D eigenvalue weighted by Crippen LogP contribution is 2.38. The molecular weight excluding hydrogens is 234 g/mol. The number of phenolic OH excluding ortho intramolecular Hbond substituents is 1. The molecule has 0 aliphatic heterocycles. The van der Waals surface area contributed by atoms with Crippen LogP contribution in [0.3, 0.4) is 0 Å². The lowest BCUT2D eigenvalue weighted by molar-refractivity contribution is 0.448. The van der Waals surface area contributed by atoms with Gasteiger partial charge in [-0.25, -0.2) is 0 Å². The normalized spacial score (nSPS) is 15.8. The largest absolute Gasteiger partial charge is 0.506 e. The third kappa shape index (κ3) is 2.75. The molecule has 17 heavy (non-hydrogen) atoms. The van der Waals surface area contributed by atoms with E-state index in [1.807, 2.05) is 13.8 Å². The predicted octanol–water partition coefficient (Wildman–Crippen LogP) is 3.20. The summed E-state index contributed by atoms with van der Waals surface area (Å²) >= 11 is 6.25. The van der Waals surface area contributed by atoms with Gasteiger partial charge in [0.1, 0.15) is 5.75 Å². The molecule has 0 saturated carbocycles. The van der Waals surface area contributed by atoms with Crippen molar-refractivity contribution in [3.63, 3.8) is 0 Å². The van der Waals surface area contributed by atoms with Gasteiger partial charge >= 0.3 is 0 Å². The molecule has 0 unspecified atom stereocenters. The monoisotopic (exact) mass is 253 g/mol. The van der Waals surface area contributed by atoms with Gasteiger partial charge in [-0.1, -0.05) is 17.7 Å². The van der Waals surface area contributed by atoms with Crippen molar-refractivity contribution in [2.24, 2.45) is 5.73 Å². The highest BCUT2D eigenvalue weighted by Gasteiger charge is 2.21. The van der Waals surface area contributed by atoms with E-state index in [4.69, 9.17) is 17.3 Å². The molecule has 0 atom stereocenters. The maximum Gasteiger partial charge on any atom is 0.137 e. The van der Waals surface area contributed by atoms with Gasteiger partial charge in [0, 0.05) is 5.54 Å². The van der Waals surface area contributed by atoms with E-state index in [9.17, 15) is 5.11 Å². The molecule has 0 fully saturated rings. The van der Waals surface area contributed by atoms with Gasteiger partial charge in [0.25, 0.3) is 0 Å². The molecule has 2 rings (SSSR count). The Morgan fingerprint density at radius 3 is 2.65 bits per heavy atom. The van der Waals surface area contributed by atoms with E-state index in [1.54, 1.807) is 0 Å². The highest BCUT2D eigenvalue weighted by molar-refractivity contribution is 6.33. The van der Waals surface area contributed by atoms with Gasteiger partial charge in [-0.2, -0.15) is 0 Å². The fraction of sp³-hybridized carbons (Fsp3) is 0.571. The predicted molar refractivity (Wildman–Crippen MR) is 71.7 cm³/mol. The number of rotatable bonds is 2. The molecule has 0 saturated heterocycles. The lowest BCUT2D eigenvalue weighted by atomic mass is 9.87. The molecule has 3 heteroatoms. The second-order valence-electron chi connectivity index (χ2n) is 5.71. The van der Waals surface area contributed by atoms with Crippen molar-refractivity contribution < 1.29 is 5.11 Å². The van der Waals surface area contributed by atoms with E-state index in [0.717, 1.165) is 30.4 Å². The molecule has 0 heterocycles. The lowest BCUT2D eigenvalue weighted by Crippen LogP contribution is -2.34. The molecule has 0 spiro atoms. The Morgan fingerprint density at radius 2 is 2.00 bits per heavy atom. The maximum atomic E-state index is 10.1. The fourth-order valence-electron chi connectivity index (χ4n) is 2.53. The quantitative estimate of drug-likeness (QED) is 0.850. The average molecular weight is 254 g/mol. The van der Waals surface area contributed by atoms with Crippen LogP contribution in [0.5, 0.6) is 5.75 Å². The first kappa shape index (κ1) is 12.7. The molecule has 2 nitrogen and oxygen atoms in total. The zero-order valence-electron chi connectivity index (χ0n) is 10.5. The second kappa shape index (κ2) is 4.51. The minimum Gasteiger partial charge on any atom is -0.506 e. The Kier molecular flexibility index (Phi) is 3.37. The number of benzene rings is 1. The van der Waals surface area contributed by atoms with Gasteiger partial charge in [-0.15, -0.1) is 0 Å². The van der Waals surface area contributed by atoms with Crippen molar-refractivity contribution in [2.45, 2.75) is 51.5 Å². The maximum absolute atomic E-state index is 10.1. The number of aryl methyl sites for hydroxylation is 1. The van der Waals surface area contributed by atoms with Crippen molar-refractivity contribution in [3.8, 4) is 5.75 Å². The summed E-state index contributed by atoms with van der Waals surface area (Å²) in [7, 11) is 0. The van der Waals surface area contributed by atoms with Crippen LogP contribution in [0, 0.1) is 0 Å². The van der Waals surface area contributed by atoms with Gasteiger partial charge in [-0.05, 0) is 62.6 Å². The minimum absolute atomic E-state index is 0.228. The molecule has 94 valence electrons. The SMILES string of the molecule is CC(C)(N)Cc1cc2c(c(Cl)c1O)CCCC2. The van der Waals surface area contributed by atoms with Crippen molar-refractivity contribution in [3.05, 3.63) is 27.8 Å². The van der Waals surface area contributed by atoms with E-state index < -0.39 is 0 Å². The Hall–Kier alpha value is -0.730. The van der Waals surface area contributed by atoms with Crippen LogP contribution >= 0.6 is 11.6 Å². The molecule has 1 aromatic rings. The van der Waals surface area contributed by atoms with E-state index in [0.29, 0.717) is 11.4 Å². The number of hydrogen-bond donors (Lipinski definition) is 2. The summed E-state index contributed by atoms with van der Waals surface area (Å²) in [4.78, 5) is 0. The summed E-state index contributed by atoms with van der Waals surface area (Å²) in [6, 6.07) is 2.09. The number of fused-ring (bicyclic) bond motifs is 1. The van der Waals surface area contributed by atoms with Gasteiger partial charge in [0.05, 0.1) is 5.02 Å². The van der Waals surface area contributed by atoms with Gasteiger partial charge in [0.15, 0.2) is 0 Å². The summed E-state index contributed by atoms with van der Waals surface area (Å²) in [5, 5.41) is 10.7. The summed E-state index contributed by atoms with van der Waals surface area (Å²) in [5.41, 5.74) is 8.98. The summed E-state index contributed by atoms with van der Waals surface area (Å²) in [6.45, 7) is 3.92. The van der Waals surface area contributed by atoms with Crippen LogP contribution < -0.4 is 5.73 Å². The minimum atomic E-state index is -0.330. The zero-order chi connectivity index (χ0) is 12.6. The van der Waals surface area contributed by atoms with Crippen molar-refractivity contribution in [1.82, 2.24) is 0 Å². The topological polar surface area (TPSA) is 46.2 Å². The first-order valence-electron chi connectivity index (χ1n) is 6.19. The van der Waals surface area contributed by atoms with Crippen molar-refractivity contribution >= 4 is 11.6 Å². The van der Waals surface area contributed by atoms with Crippen LogP contribution in [0.2, 0.25) is 5.02 Å². The Morgan fingerprint density at radius 1 is 1.35 bits per heavy atom. The molecule has 0 amide bonds. The van der Waals surface area contributed by atoms with E-state index in [-0.39, 0.29) is 11.3 Å². The number of hydrogen-bond acceptors (Lipinski definition) is 2. The Balaban J connectivity index is 2.44. The van der Waals surface area contributed by atoms with Crippen LogP contribution in [0.25, 0.3) is 0 Å². The molecule has 3 N–H and O–H groups in total. The number of nitrogens with two attached hydrogens (primary N) is 1. The smallest absolute Gasteiger partial charge is 0.137 e. The zero-order valence-corrected chi connectivity index (χ0v) is 11.3. The van der Waals surface area contributed by atoms with E-state index >= 15 is 0 Å². The number of phenols is 1. The molecule has 1 aliphatic rings. The molecule has 0 aromatic heterocycles. The average Bonchev–Trinajstić information content (AvgIpc) is 2.24. The van der Waals surface area contributed by atoms with Gasteiger partial charge in [0.2, 0.25) is 0 Å². The molecule has 1 aliphatic carbocycles. The third-order valence-corrected chi connectivity index (χ3v) is 3.69. The molecule has 0 bridgehead atoms. The standard InChI is InChI=1S/C14H20ClNO/c1-14(2,16)8-10-7-9-5-3-4-6-11(9)12(15)13(10)17/h7,17H,3-6,8,16H2,1-2H3. The fourth-order valence-corrected chi connectivity index (χ4v) is 2.86.